The third kappa shape index (κ3) is 4.20. The van der Waals surface area contributed by atoms with Crippen LogP contribution in [0.2, 0.25) is 0 Å². The normalized spacial score (nSPS) is 20.0. The number of amides is 1. The van der Waals surface area contributed by atoms with Crippen LogP contribution in [0.4, 0.5) is 0 Å². The largest absolute Gasteiger partial charge is 0.349 e. The predicted molar refractivity (Wildman–Crippen MR) is 105 cm³/mol. The second-order valence-corrected chi connectivity index (χ2v) is 7.97. The summed E-state index contributed by atoms with van der Waals surface area (Å²) in [6.07, 6.45) is 13.8. The minimum Gasteiger partial charge on any atom is -0.349 e. The van der Waals surface area contributed by atoms with Gasteiger partial charge in [-0.1, -0.05) is 38.5 Å². The van der Waals surface area contributed by atoms with Crippen molar-refractivity contribution in [3.8, 4) is 6.07 Å². The van der Waals surface area contributed by atoms with Crippen LogP contribution in [-0.2, 0) is 4.79 Å². The van der Waals surface area contributed by atoms with Crippen molar-refractivity contribution in [3.05, 3.63) is 28.6 Å². The van der Waals surface area contributed by atoms with E-state index in [1.807, 2.05) is 0 Å². The molecule has 0 atom stereocenters. The first-order valence-corrected chi connectivity index (χ1v) is 10.2. The third-order valence-corrected chi connectivity index (χ3v) is 6.07. The van der Waals surface area contributed by atoms with Gasteiger partial charge < -0.3 is 9.88 Å². The molecule has 1 amide bonds. The van der Waals surface area contributed by atoms with Crippen molar-refractivity contribution in [2.45, 2.75) is 90.1 Å². The molecule has 2 fully saturated rings. The van der Waals surface area contributed by atoms with Crippen LogP contribution in [0.3, 0.4) is 0 Å². The summed E-state index contributed by atoms with van der Waals surface area (Å²) in [6, 6.07) is 5.02. The van der Waals surface area contributed by atoms with Gasteiger partial charge in [-0.2, -0.15) is 5.26 Å². The van der Waals surface area contributed by atoms with E-state index in [0.29, 0.717) is 6.04 Å². The standard InChI is InChI=1S/C22H31N3O/c1-16-13-18(17(2)25(16)21-11-7-4-8-12-21)14-19(15-23)22(26)24-20-9-5-3-6-10-20/h13-14,20-21H,3-12H2,1-2H3,(H,24,26)/b19-14+. The molecule has 2 aliphatic rings. The summed E-state index contributed by atoms with van der Waals surface area (Å²) in [4.78, 5) is 12.5. The van der Waals surface area contributed by atoms with Crippen molar-refractivity contribution in [2.24, 2.45) is 0 Å². The van der Waals surface area contributed by atoms with E-state index in [-0.39, 0.29) is 17.5 Å². The average molecular weight is 354 g/mol. The van der Waals surface area contributed by atoms with E-state index in [9.17, 15) is 10.1 Å². The summed E-state index contributed by atoms with van der Waals surface area (Å²) in [7, 11) is 0. The Labute approximate surface area is 157 Å². The Hall–Kier alpha value is -2.02. The van der Waals surface area contributed by atoms with E-state index >= 15 is 0 Å². The second-order valence-electron chi connectivity index (χ2n) is 7.97. The van der Waals surface area contributed by atoms with Crippen molar-refractivity contribution >= 4 is 12.0 Å². The van der Waals surface area contributed by atoms with E-state index in [1.54, 1.807) is 6.08 Å². The minimum atomic E-state index is -0.220. The number of rotatable bonds is 4. The number of hydrogen-bond acceptors (Lipinski definition) is 2. The Morgan fingerprint density at radius 2 is 1.73 bits per heavy atom. The van der Waals surface area contributed by atoms with Crippen molar-refractivity contribution in [3.63, 3.8) is 0 Å². The molecule has 4 heteroatoms. The fourth-order valence-electron chi connectivity index (χ4n) is 4.66. The molecular formula is C22H31N3O. The topological polar surface area (TPSA) is 57.8 Å². The van der Waals surface area contributed by atoms with Crippen molar-refractivity contribution in [1.29, 1.82) is 5.26 Å². The highest BCUT2D eigenvalue weighted by molar-refractivity contribution is 6.02. The van der Waals surface area contributed by atoms with Crippen LogP contribution in [0.15, 0.2) is 11.6 Å². The zero-order valence-corrected chi connectivity index (χ0v) is 16.2. The van der Waals surface area contributed by atoms with E-state index in [1.165, 1.54) is 62.8 Å². The second kappa shape index (κ2) is 8.58. The number of nitriles is 1. The van der Waals surface area contributed by atoms with Gasteiger partial charge in [-0.3, -0.25) is 4.79 Å². The van der Waals surface area contributed by atoms with Gasteiger partial charge >= 0.3 is 0 Å². The molecule has 0 unspecified atom stereocenters. The van der Waals surface area contributed by atoms with Crippen LogP contribution < -0.4 is 5.32 Å². The Kier molecular flexibility index (Phi) is 6.19. The number of hydrogen-bond donors (Lipinski definition) is 1. The van der Waals surface area contributed by atoms with Gasteiger partial charge in [-0.05, 0) is 57.2 Å². The van der Waals surface area contributed by atoms with Gasteiger partial charge in [-0.15, -0.1) is 0 Å². The summed E-state index contributed by atoms with van der Waals surface area (Å²) < 4.78 is 2.42. The molecule has 0 saturated heterocycles. The molecule has 2 aliphatic carbocycles. The molecule has 140 valence electrons. The zero-order valence-electron chi connectivity index (χ0n) is 16.2. The molecule has 3 rings (SSSR count). The highest BCUT2D eigenvalue weighted by atomic mass is 16.1. The smallest absolute Gasteiger partial charge is 0.262 e. The maximum Gasteiger partial charge on any atom is 0.262 e. The van der Waals surface area contributed by atoms with Crippen LogP contribution in [0.5, 0.6) is 0 Å². The lowest BCUT2D eigenvalue weighted by Crippen LogP contribution is -2.36. The minimum absolute atomic E-state index is 0.220. The Bertz CT molecular complexity index is 710. The maximum atomic E-state index is 12.5. The first-order valence-electron chi connectivity index (χ1n) is 10.2. The first-order chi connectivity index (χ1) is 12.6. The molecule has 1 heterocycles. The monoisotopic (exact) mass is 353 g/mol. The van der Waals surface area contributed by atoms with E-state index < -0.39 is 0 Å². The van der Waals surface area contributed by atoms with Gasteiger partial charge in [0.15, 0.2) is 0 Å². The summed E-state index contributed by atoms with van der Waals surface area (Å²) in [5, 5.41) is 12.6. The molecule has 0 bridgehead atoms. The van der Waals surface area contributed by atoms with Gasteiger partial charge in [-0.25, -0.2) is 0 Å². The lowest BCUT2D eigenvalue weighted by atomic mass is 9.95. The summed E-state index contributed by atoms with van der Waals surface area (Å²) in [5.41, 5.74) is 3.63. The molecule has 1 N–H and O–H groups in total. The number of aryl methyl sites for hydroxylation is 1. The van der Waals surface area contributed by atoms with E-state index in [4.69, 9.17) is 0 Å². The number of nitrogens with zero attached hydrogens (tertiary/aromatic N) is 2. The molecule has 0 aliphatic heterocycles. The van der Waals surface area contributed by atoms with Crippen molar-refractivity contribution < 1.29 is 4.79 Å². The molecule has 1 aromatic rings. The van der Waals surface area contributed by atoms with Crippen LogP contribution in [0.1, 0.15) is 87.2 Å². The molecule has 26 heavy (non-hydrogen) atoms. The van der Waals surface area contributed by atoms with Crippen molar-refractivity contribution in [2.75, 3.05) is 0 Å². The Balaban J connectivity index is 1.78. The third-order valence-electron chi connectivity index (χ3n) is 6.07. The van der Waals surface area contributed by atoms with Gasteiger partial charge in [0.25, 0.3) is 5.91 Å². The van der Waals surface area contributed by atoms with Crippen LogP contribution in [0.25, 0.3) is 6.08 Å². The fourth-order valence-corrected chi connectivity index (χ4v) is 4.66. The highest BCUT2D eigenvalue weighted by Crippen LogP contribution is 2.32. The predicted octanol–water partition coefficient (Wildman–Crippen LogP) is 4.97. The van der Waals surface area contributed by atoms with Crippen LogP contribution >= 0.6 is 0 Å². The summed E-state index contributed by atoms with van der Waals surface area (Å²) in [6.45, 7) is 4.24. The lowest BCUT2D eigenvalue weighted by molar-refractivity contribution is -0.117. The van der Waals surface area contributed by atoms with Crippen LogP contribution in [-0.4, -0.2) is 16.5 Å². The Morgan fingerprint density at radius 3 is 2.35 bits per heavy atom. The SMILES string of the molecule is Cc1cc(/C=C(\C#N)C(=O)NC2CCCCC2)c(C)n1C1CCCCC1. The van der Waals surface area contributed by atoms with Crippen LogP contribution in [0, 0.1) is 25.2 Å². The van der Waals surface area contributed by atoms with Gasteiger partial charge in [0, 0.05) is 23.5 Å². The number of aromatic nitrogens is 1. The summed E-state index contributed by atoms with van der Waals surface area (Å²) in [5.74, 6) is -0.220. The van der Waals surface area contributed by atoms with Gasteiger partial charge in [0.1, 0.15) is 11.6 Å². The molecule has 2 saturated carbocycles. The van der Waals surface area contributed by atoms with E-state index in [0.717, 1.165) is 18.4 Å². The summed E-state index contributed by atoms with van der Waals surface area (Å²) >= 11 is 0. The maximum absolute atomic E-state index is 12.5. The molecular weight excluding hydrogens is 322 g/mol. The highest BCUT2D eigenvalue weighted by Gasteiger charge is 2.21. The molecule has 0 spiro atoms. The first kappa shape index (κ1) is 18.8. The van der Waals surface area contributed by atoms with Crippen molar-refractivity contribution in [1.82, 2.24) is 9.88 Å². The quantitative estimate of drug-likeness (QED) is 0.614. The number of nitrogens with one attached hydrogen (secondary N) is 1. The van der Waals surface area contributed by atoms with Gasteiger partial charge in [0.2, 0.25) is 0 Å². The molecule has 1 aromatic heterocycles. The van der Waals surface area contributed by atoms with Gasteiger partial charge in [0.05, 0.1) is 0 Å². The number of carbonyl (C=O) groups excluding carboxylic acids is 1. The molecule has 0 aromatic carbocycles. The molecule has 0 radical (unpaired) electrons. The van der Waals surface area contributed by atoms with E-state index in [2.05, 4.69) is 35.9 Å². The lowest BCUT2D eigenvalue weighted by Gasteiger charge is -2.26. The molecule has 4 nitrogen and oxygen atoms in total. The Morgan fingerprint density at radius 1 is 1.12 bits per heavy atom. The fraction of sp³-hybridized carbons (Fsp3) is 0.636. The number of carbonyl (C=O) groups is 1. The average Bonchev–Trinajstić information content (AvgIpc) is 2.94. The zero-order chi connectivity index (χ0) is 18.5.